The van der Waals surface area contributed by atoms with Crippen molar-refractivity contribution in [2.24, 2.45) is 4.99 Å². The van der Waals surface area contributed by atoms with Gasteiger partial charge >= 0.3 is 7.69 Å². The lowest BCUT2D eigenvalue weighted by Crippen LogP contribution is -2.37. The van der Waals surface area contributed by atoms with Gasteiger partial charge in [-0.25, -0.2) is 19.0 Å². The number of nitrogens with zero attached hydrogens (tertiary/aromatic N) is 10. The maximum atomic E-state index is 8.39. The van der Waals surface area contributed by atoms with Crippen LogP contribution in [0.4, 0.5) is 11.6 Å². The molecule has 7 aromatic rings. The fraction of sp³-hybridized carbons (Fsp3) is 0.316. The summed E-state index contributed by atoms with van der Waals surface area (Å²) < 4.78 is 19.4. The van der Waals surface area contributed by atoms with Crippen LogP contribution >= 0.6 is 0 Å². The minimum Gasteiger partial charge on any atom is -0.537 e. The summed E-state index contributed by atoms with van der Waals surface area (Å²) in [5.74, 6) is 4.11. The molecule has 5 aromatic heterocycles. The average molecular weight is 731 g/mol. The number of benzene rings is 2. The van der Waals surface area contributed by atoms with Gasteiger partial charge in [0, 0.05) is 61.3 Å². The van der Waals surface area contributed by atoms with Crippen molar-refractivity contribution in [1.29, 1.82) is 0 Å². The van der Waals surface area contributed by atoms with E-state index in [9.17, 15) is 0 Å². The van der Waals surface area contributed by atoms with Crippen molar-refractivity contribution in [3.8, 4) is 17.1 Å². The van der Waals surface area contributed by atoms with E-state index in [2.05, 4.69) is 46.2 Å². The Balaban J connectivity index is 0.000000145. The van der Waals surface area contributed by atoms with E-state index in [1.54, 1.807) is 12.3 Å². The van der Waals surface area contributed by atoms with Gasteiger partial charge < -0.3 is 29.0 Å². The Morgan fingerprint density at radius 2 is 1.46 bits per heavy atom. The largest absolute Gasteiger partial charge is 0.569 e. The molecule has 0 amide bonds. The van der Waals surface area contributed by atoms with Gasteiger partial charge in [-0.3, -0.25) is 10.1 Å². The summed E-state index contributed by atoms with van der Waals surface area (Å²) in [4.78, 5) is 18.0. The van der Waals surface area contributed by atoms with Crippen LogP contribution in [-0.2, 0) is 16.0 Å². The molecule has 16 heteroatoms. The number of rotatable bonds is 5. The normalized spacial score (nSPS) is 14.7. The number of anilines is 2. The highest BCUT2D eigenvalue weighted by Crippen LogP contribution is 2.26. The van der Waals surface area contributed by atoms with Crippen molar-refractivity contribution >= 4 is 47.5 Å². The first-order chi connectivity index (χ1) is 25.6. The molecule has 0 bridgehead atoms. The van der Waals surface area contributed by atoms with Gasteiger partial charge in [-0.15, -0.1) is 5.10 Å². The number of fused-ring (bicyclic) bond motifs is 4. The average Bonchev–Trinajstić information content (AvgIpc) is 4.02. The molecule has 2 saturated heterocycles. The van der Waals surface area contributed by atoms with E-state index in [-0.39, 0.29) is 14.9 Å². The maximum Gasteiger partial charge on any atom is 0.569 e. The summed E-state index contributed by atoms with van der Waals surface area (Å²) in [5, 5.41) is 25.5. The van der Waals surface area contributed by atoms with Crippen LogP contribution in [0.2, 0.25) is 0 Å². The standard InChI is InChI=1S/C17H16N6O.C11H14N4O.C8H7BNO2.2CH4/c1-2-15-17(22-6-8-24-9-7-22)19-16(21-23(15)5-1)12-3-4-14-13(10-12)11-18-20-14;1-9-12-11(14-5-7-16-8-6-14)10-3-2-4-15(10)13-9;11-9-12-8-2-1-6-4-10-5-7(6)3-8;;/h1-5,10-11H,6-9H2,(H,18,20);2-4H,5-8H2,1H3;1-3,5,11H,4H2;2*1H4. The van der Waals surface area contributed by atoms with Crippen molar-refractivity contribution in [1.82, 2.24) is 39.4 Å². The van der Waals surface area contributed by atoms with E-state index in [4.69, 9.17) is 24.1 Å². The van der Waals surface area contributed by atoms with E-state index < -0.39 is 0 Å². The van der Waals surface area contributed by atoms with Gasteiger partial charge in [0.25, 0.3) is 0 Å². The Kier molecular flexibility index (Phi) is 12.2. The van der Waals surface area contributed by atoms with Crippen LogP contribution in [0.1, 0.15) is 31.8 Å². The summed E-state index contributed by atoms with van der Waals surface area (Å²) in [6.45, 7) is 9.17. The molecule has 2 N–H and O–H groups in total. The van der Waals surface area contributed by atoms with E-state index in [0.29, 0.717) is 19.3 Å². The topological polar surface area (TPSA) is 156 Å². The number of morpholine rings is 2. The molecule has 0 spiro atoms. The smallest absolute Gasteiger partial charge is 0.537 e. The number of ether oxygens (including phenoxy) is 2. The molecule has 0 atom stereocenters. The van der Waals surface area contributed by atoms with Crippen LogP contribution in [0.15, 0.2) is 84.2 Å². The molecule has 10 rings (SSSR count). The van der Waals surface area contributed by atoms with E-state index >= 15 is 0 Å². The van der Waals surface area contributed by atoms with Gasteiger partial charge in [0.2, 0.25) is 0 Å². The van der Waals surface area contributed by atoms with Crippen molar-refractivity contribution in [2.45, 2.75) is 28.3 Å². The lowest BCUT2D eigenvalue weighted by molar-refractivity contribution is 0.122. The molecule has 2 fully saturated rings. The molecule has 54 heavy (non-hydrogen) atoms. The zero-order valence-electron chi connectivity index (χ0n) is 28.7. The predicted octanol–water partition coefficient (Wildman–Crippen LogP) is 4.78. The quantitative estimate of drug-likeness (QED) is 0.235. The Labute approximate surface area is 314 Å². The lowest BCUT2D eigenvalue weighted by Gasteiger charge is -2.28. The van der Waals surface area contributed by atoms with Crippen LogP contribution in [0.5, 0.6) is 5.75 Å². The molecule has 0 saturated carbocycles. The van der Waals surface area contributed by atoms with Gasteiger partial charge in [0.15, 0.2) is 17.5 Å². The third-order valence-corrected chi connectivity index (χ3v) is 8.97. The Morgan fingerprint density at radius 1 is 0.796 bits per heavy atom. The number of aromatic nitrogens is 8. The monoisotopic (exact) mass is 730 g/mol. The fourth-order valence-corrected chi connectivity index (χ4v) is 6.38. The number of H-pyrrole nitrogens is 1. The highest BCUT2D eigenvalue weighted by Gasteiger charge is 2.19. The molecule has 0 unspecified atom stereocenters. The molecule has 2 aromatic carbocycles. The van der Waals surface area contributed by atoms with Crippen molar-refractivity contribution < 1.29 is 19.2 Å². The molecule has 3 aliphatic heterocycles. The third-order valence-electron chi connectivity index (χ3n) is 8.97. The van der Waals surface area contributed by atoms with Crippen LogP contribution < -0.4 is 14.5 Å². The first-order valence-electron chi connectivity index (χ1n) is 17.1. The second kappa shape index (κ2) is 17.3. The van der Waals surface area contributed by atoms with Crippen LogP contribution in [0, 0.1) is 6.92 Å². The molecule has 3 aliphatic rings. The van der Waals surface area contributed by atoms with Crippen molar-refractivity contribution in [2.75, 3.05) is 62.4 Å². The Bertz CT molecular complexity index is 2330. The number of aromatic amines is 1. The van der Waals surface area contributed by atoms with Gasteiger partial charge in [0.05, 0.1) is 44.7 Å². The van der Waals surface area contributed by atoms with Gasteiger partial charge in [-0.2, -0.15) is 10.2 Å². The van der Waals surface area contributed by atoms with E-state index in [1.165, 1.54) is 5.56 Å². The summed E-state index contributed by atoms with van der Waals surface area (Å²) in [6, 6.07) is 19.8. The summed E-state index contributed by atoms with van der Waals surface area (Å²) in [5.41, 5.74) is 6.33. The summed E-state index contributed by atoms with van der Waals surface area (Å²) >= 11 is 0. The predicted molar refractivity (Wildman–Crippen MR) is 212 cm³/mol. The van der Waals surface area contributed by atoms with E-state index in [1.807, 2.05) is 83.1 Å². The second-order valence-corrected chi connectivity index (χ2v) is 12.3. The highest BCUT2D eigenvalue weighted by molar-refractivity contribution is 6.17. The Morgan fingerprint density at radius 3 is 2.15 bits per heavy atom. The molecular weight excluding hydrogens is 685 g/mol. The van der Waals surface area contributed by atoms with Crippen LogP contribution in [0.3, 0.4) is 0 Å². The number of aliphatic imine (C=N–C) groups is 1. The Hall–Kier alpha value is -5.84. The number of hydrogen-bond donors (Lipinski definition) is 2. The summed E-state index contributed by atoms with van der Waals surface area (Å²) in [6.07, 6.45) is 7.53. The van der Waals surface area contributed by atoms with Gasteiger partial charge in [-0.1, -0.05) is 20.9 Å². The van der Waals surface area contributed by atoms with Gasteiger partial charge in [-0.05, 0) is 67.1 Å². The highest BCUT2D eigenvalue weighted by atomic mass is 16.5. The minimum atomic E-state index is 0. The third kappa shape index (κ3) is 8.20. The van der Waals surface area contributed by atoms with Crippen molar-refractivity contribution in [3.05, 3.63) is 96.2 Å². The zero-order valence-corrected chi connectivity index (χ0v) is 28.7. The number of hydrogen-bond acceptors (Lipinski definition) is 12. The molecular formula is C38H45BN11O4. The molecule has 0 aliphatic carbocycles. The lowest BCUT2D eigenvalue weighted by atomic mass is 10.1. The SMILES string of the molecule is C.C.Cc1nc(N2CCOCC2)c2cccn2n1.O[B]Oc1ccc2c(c1)C=NC2.c1cc2c(N3CCOCC3)nc(-c3ccc4[nH]ncc4c3)nn2c1. The molecule has 8 heterocycles. The van der Waals surface area contributed by atoms with Crippen LogP contribution in [-0.4, -0.2) is 111 Å². The first kappa shape index (κ1) is 37.9. The summed E-state index contributed by atoms with van der Waals surface area (Å²) in [7, 11) is 0.674. The van der Waals surface area contributed by atoms with Crippen molar-refractivity contribution in [3.63, 3.8) is 0 Å². The number of nitrogens with one attached hydrogen (secondary N) is 1. The molecule has 15 nitrogen and oxygen atoms in total. The number of aryl methyl sites for hydroxylation is 1. The van der Waals surface area contributed by atoms with E-state index in [0.717, 1.165) is 110 Å². The maximum absolute atomic E-state index is 8.39. The molecule has 279 valence electrons. The minimum absolute atomic E-state index is 0. The first-order valence-corrected chi connectivity index (χ1v) is 17.1. The fourth-order valence-electron chi connectivity index (χ4n) is 6.38. The molecule has 1 radical (unpaired) electrons. The van der Waals surface area contributed by atoms with Crippen LogP contribution in [0.25, 0.3) is 33.3 Å². The second-order valence-electron chi connectivity index (χ2n) is 12.3. The zero-order chi connectivity index (χ0) is 35.3. The van der Waals surface area contributed by atoms with Gasteiger partial charge in [0.1, 0.15) is 22.6 Å².